The van der Waals surface area contributed by atoms with Crippen molar-refractivity contribution in [2.24, 2.45) is 0 Å². The van der Waals surface area contributed by atoms with Crippen molar-refractivity contribution in [1.82, 2.24) is 5.32 Å². The molecule has 0 radical (unpaired) electrons. The smallest absolute Gasteiger partial charge is 0.272 e. The highest BCUT2D eigenvalue weighted by Crippen LogP contribution is 2.24. The van der Waals surface area contributed by atoms with Crippen molar-refractivity contribution in [2.75, 3.05) is 11.9 Å². The molecular weight excluding hydrogens is 559 g/mol. The molecule has 0 aromatic heterocycles. The van der Waals surface area contributed by atoms with E-state index in [-0.39, 0.29) is 11.5 Å². The Morgan fingerprint density at radius 3 is 2.22 bits per heavy atom. The van der Waals surface area contributed by atoms with Gasteiger partial charge < -0.3 is 15.4 Å². The van der Waals surface area contributed by atoms with Crippen LogP contribution in [0.3, 0.4) is 0 Å². The van der Waals surface area contributed by atoms with Crippen molar-refractivity contribution in [3.8, 4) is 5.75 Å². The van der Waals surface area contributed by atoms with E-state index in [4.69, 9.17) is 27.9 Å². The van der Waals surface area contributed by atoms with Gasteiger partial charge in [-0.2, -0.15) is 0 Å². The zero-order valence-corrected chi connectivity index (χ0v) is 23.6. The third-order valence-electron chi connectivity index (χ3n) is 5.85. The van der Waals surface area contributed by atoms with E-state index in [0.29, 0.717) is 44.8 Å². The summed E-state index contributed by atoms with van der Waals surface area (Å²) in [5.74, 6) is -0.551. The molecule has 0 heterocycles. The molecule has 0 aliphatic carbocycles. The van der Waals surface area contributed by atoms with Crippen molar-refractivity contribution < 1.29 is 19.1 Å². The Hall–Kier alpha value is -4.65. The number of hydrogen-bond donors (Lipinski definition) is 2. The average molecular weight is 585 g/mol. The molecule has 41 heavy (non-hydrogen) atoms. The fourth-order valence-electron chi connectivity index (χ4n) is 3.80. The van der Waals surface area contributed by atoms with Crippen LogP contribution in [0.25, 0.3) is 12.2 Å². The molecule has 0 saturated carbocycles. The van der Waals surface area contributed by atoms with Crippen LogP contribution >= 0.6 is 23.2 Å². The lowest BCUT2D eigenvalue weighted by atomic mass is 10.1. The standard InChI is InChI=1S/C33H26Cl2N2O4/c1-2-41-31-11-7-6-8-23(31)15-19-30(38)22-13-17-27(18-14-22)36-33(40)29(20-25-12-16-26(34)21-28(25)35)37-32(39)24-9-4-3-5-10-24/h3-21H,2H2,1H3,(H,36,40)(H,37,39)/b19-15+,29-20-. The number of rotatable bonds is 10. The Morgan fingerprint density at radius 1 is 0.805 bits per heavy atom. The summed E-state index contributed by atoms with van der Waals surface area (Å²) in [5.41, 5.74) is 2.51. The molecule has 0 saturated heterocycles. The van der Waals surface area contributed by atoms with Crippen molar-refractivity contribution >= 4 is 58.6 Å². The first-order valence-electron chi connectivity index (χ1n) is 12.7. The minimum atomic E-state index is -0.577. The average Bonchev–Trinajstić information content (AvgIpc) is 2.98. The molecule has 0 atom stereocenters. The SMILES string of the molecule is CCOc1ccccc1/C=C/C(=O)c1ccc(NC(=O)/C(=C/c2ccc(Cl)cc2Cl)NC(=O)c2ccccc2)cc1. The van der Waals surface area contributed by atoms with Crippen molar-refractivity contribution in [3.63, 3.8) is 0 Å². The second-order valence-corrected chi connectivity index (χ2v) is 9.59. The van der Waals surface area contributed by atoms with Gasteiger partial charge in [-0.1, -0.05) is 65.7 Å². The lowest BCUT2D eigenvalue weighted by molar-refractivity contribution is -0.113. The lowest BCUT2D eigenvalue weighted by Gasteiger charge is -2.12. The highest BCUT2D eigenvalue weighted by atomic mass is 35.5. The molecule has 0 fully saturated rings. The monoisotopic (exact) mass is 584 g/mol. The van der Waals surface area contributed by atoms with Crippen LogP contribution in [0.2, 0.25) is 10.0 Å². The Bertz CT molecular complexity index is 1610. The number of hydrogen-bond acceptors (Lipinski definition) is 4. The second kappa shape index (κ2) is 14.1. The molecule has 2 amide bonds. The van der Waals surface area contributed by atoms with Gasteiger partial charge in [-0.05, 0) is 85.3 Å². The van der Waals surface area contributed by atoms with Crippen LogP contribution in [0.15, 0.2) is 109 Å². The number of halogens is 2. The first kappa shape index (κ1) is 29.3. The molecule has 0 unspecified atom stereocenters. The Kier molecular flexibility index (Phi) is 10.1. The number of anilines is 1. The minimum absolute atomic E-state index is 0.0286. The van der Waals surface area contributed by atoms with Gasteiger partial charge in [0.25, 0.3) is 11.8 Å². The summed E-state index contributed by atoms with van der Waals surface area (Å²) in [7, 11) is 0. The predicted octanol–water partition coefficient (Wildman–Crippen LogP) is 7.70. The lowest BCUT2D eigenvalue weighted by Crippen LogP contribution is -2.30. The number of amides is 2. The van der Waals surface area contributed by atoms with Gasteiger partial charge in [0.05, 0.1) is 6.61 Å². The molecule has 8 heteroatoms. The molecule has 0 aliphatic heterocycles. The van der Waals surface area contributed by atoms with Crippen LogP contribution in [-0.2, 0) is 4.79 Å². The van der Waals surface area contributed by atoms with Crippen molar-refractivity contribution in [3.05, 3.63) is 141 Å². The summed E-state index contributed by atoms with van der Waals surface area (Å²) in [4.78, 5) is 38.9. The second-order valence-electron chi connectivity index (χ2n) is 8.74. The van der Waals surface area contributed by atoms with Crippen molar-refractivity contribution in [1.29, 1.82) is 0 Å². The third kappa shape index (κ3) is 8.18. The van der Waals surface area contributed by atoms with Gasteiger partial charge in [0, 0.05) is 32.4 Å². The summed E-state index contributed by atoms with van der Waals surface area (Å²) < 4.78 is 5.60. The number of allylic oxidation sites excluding steroid dienone is 1. The molecule has 206 valence electrons. The van der Waals surface area contributed by atoms with Gasteiger partial charge in [0.2, 0.25) is 0 Å². The normalized spacial score (nSPS) is 11.2. The number of nitrogens with one attached hydrogen (secondary N) is 2. The molecular formula is C33H26Cl2N2O4. The largest absolute Gasteiger partial charge is 0.493 e. The molecule has 6 nitrogen and oxygen atoms in total. The van der Waals surface area contributed by atoms with Crippen LogP contribution in [0.1, 0.15) is 38.8 Å². The summed E-state index contributed by atoms with van der Waals surface area (Å²) in [6.45, 7) is 2.42. The van der Waals surface area contributed by atoms with E-state index in [1.165, 1.54) is 12.2 Å². The highest BCUT2D eigenvalue weighted by Gasteiger charge is 2.16. The highest BCUT2D eigenvalue weighted by molar-refractivity contribution is 6.35. The van der Waals surface area contributed by atoms with Gasteiger partial charge >= 0.3 is 0 Å². The number of carbonyl (C=O) groups is 3. The first-order chi connectivity index (χ1) is 19.8. The van der Waals surface area contributed by atoms with Crippen LogP contribution in [-0.4, -0.2) is 24.2 Å². The van der Waals surface area contributed by atoms with Gasteiger partial charge in [-0.3, -0.25) is 14.4 Å². The summed E-state index contributed by atoms with van der Waals surface area (Å²) in [6, 6.07) is 27.2. The van der Waals surface area contributed by atoms with Gasteiger partial charge in [-0.25, -0.2) is 0 Å². The van der Waals surface area contributed by atoms with Gasteiger partial charge in [0.1, 0.15) is 11.4 Å². The molecule has 4 rings (SSSR count). The topological polar surface area (TPSA) is 84.5 Å². The summed E-state index contributed by atoms with van der Waals surface area (Å²) in [5, 5.41) is 6.18. The molecule has 0 bridgehead atoms. The van der Waals surface area contributed by atoms with E-state index >= 15 is 0 Å². The van der Waals surface area contributed by atoms with Gasteiger partial charge in [0.15, 0.2) is 5.78 Å². The molecule has 0 spiro atoms. The summed E-state index contributed by atoms with van der Waals surface area (Å²) in [6.07, 6.45) is 4.65. The number of ketones is 1. The molecule has 4 aromatic carbocycles. The van der Waals surface area contributed by atoms with E-state index in [1.807, 2.05) is 31.2 Å². The maximum atomic E-state index is 13.3. The number of ether oxygens (including phenoxy) is 1. The van der Waals surface area contributed by atoms with Gasteiger partial charge in [-0.15, -0.1) is 0 Å². The maximum absolute atomic E-state index is 13.3. The van der Waals surface area contributed by atoms with Crippen molar-refractivity contribution in [2.45, 2.75) is 6.92 Å². The van der Waals surface area contributed by atoms with E-state index < -0.39 is 11.8 Å². The fraction of sp³-hybridized carbons (Fsp3) is 0.0606. The summed E-state index contributed by atoms with van der Waals surface area (Å²) >= 11 is 12.3. The number of para-hydroxylation sites is 1. The number of carbonyl (C=O) groups excluding carboxylic acids is 3. The molecule has 4 aromatic rings. The Labute approximate surface area is 248 Å². The quantitative estimate of drug-likeness (QED) is 0.148. The van der Waals surface area contributed by atoms with Crippen LogP contribution in [0.4, 0.5) is 5.69 Å². The fourth-order valence-corrected chi connectivity index (χ4v) is 4.26. The maximum Gasteiger partial charge on any atom is 0.272 e. The van der Waals surface area contributed by atoms with Crippen LogP contribution < -0.4 is 15.4 Å². The van der Waals surface area contributed by atoms with E-state index in [0.717, 1.165) is 5.56 Å². The zero-order valence-electron chi connectivity index (χ0n) is 22.1. The third-order valence-corrected chi connectivity index (χ3v) is 6.41. The first-order valence-corrected chi connectivity index (χ1v) is 13.5. The predicted molar refractivity (Wildman–Crippen MR) is 164 cm³/mol. The van der Waals surface area contributed by atoms with E-state index in [1.54, 1.807) is 78.9 Å². The number of benzene rings is 4. The van der Waals surface area contributed by atoms with E-state index in [9.17, 15) is 14.4 Å². The molecule has 0 aliphatic rings. The minimum Gasteiger partial charge on any atom is -0.493 e. The molecule has 2 N–H and O–H groups in total. The van der Waals surface area contributed by atoms with Crippen LogP contribution in [0, 0.1) is 0 Å². The Balaban J connectivity index is 1.51. The Morgan fingerprint density at radius 2 is 1.51 bits per heavy atom. The van der Waals surface area contributed by atoms with Crippen LogP contribution in [0.5, 0.6) is 5.75 Å². The zero-order chi connectivity index (χ0) is 29.2. The van der Waals surface area contributed by atoms with E-state index in [2.05, 4.69) is 10.6 Å².